The summed E-state index contributed by atoms with van der Waals surface area (Å²) in [5, 5.41) is 0. The van der Waals surface area contributed by atoms with E-state index in [2.05, 4.69) is 21.8 Å². The fraction of sp³-hybridized carbons (Fsp3) is 0.667. The zero-order valence-electron chi connectivity index (χ0n) is 12.9. The van der Waals surface area contributed by atoms with Gasteiger partial charge < -0.3 is 9.80 Å². The number of carbonyl (C=O) groups excluding carboxylic acids is 1. The van der Waals surface area contributed by atoms with Gasteiger partial charge in [0.05, 0.1) is 6.20 Å². The van der Waals surface area contributed by atoms with Crippen LogP contribution in [0.15, 0.2) is 18.6 Å². The monoisotopic (exact) mass is 278 g/mol. The highest BCUT2D eigenvalue weighted by Gasteiger charge is 2.21. The molecule has 0 aliphatic carbocycles. The normalized spacial score (nSPS) is 14.6. The van der Waals surface area contributed by atoms with Crippen LogP contribution in [0.5, 0.6) is 0 Å². The topological polar surface area (TPSA) is 49.3 Å². The number of carbonyl (C=O) groups is 1. The summed E-state index contributed by atoms with van der Waals surface area (Å²) in [7, 11) is 0. The Bertz CT molecular complexity index is 375. The molecule has 20 heavy (non-hydrogen) atoms. The molecule has 1 aliphatic heterocycles. The Morgan fingerprint density at radius 2 is 1.90 bits per heavy atom. The quantitative estimate of drug-likeness (QED) is 0.848. The predicted molar refractivity (Wildman–Crippen MR) is 81.7 cm³/mol. The lowest BCUT2D eigenvalue weighted by molar-refractivity contribution is -0.131. The SMILES string of the molecule is CC.CCCCC(=O)N1CCN(c2cnccn2)CC1. The Hall–Kier alpha value is -1.65. The first-order valence-corrected chi connectivity index (χ1v) is 7.60. The highest BCUT2D eigenvalue weighted by Crippen LogP contribution is 2.12. The third-order valence-corrected chi connectivity index (χ3v) is 3.25. The number of nitrogens with zero attached hydrogens (tertiary/aromatic N) is 4. The van der Waals surface area contributed by atoms with E-state index < -0.39 is 0 Å². The highest BCUT2D eigenvalue weighted by atomic mass is 16.2. The molecule has 0 aromatic carbocycles. The summed E-state index contributed by atoms with van der Waals surface area (Å²) in [6.07, 6.45) is 7.90. The van der Waals surface area contributed by atoms with E-state index >= 15 is 0 Å². The molecule has 0 atom stereocenters. The van der Waals surface area contributed by atoms with Gasteiger partial charge in [0.1, 0.15) is 5.82 Å². The number of anilines is 1. The number of rotatable bonds is 4. The maximum Gasteiger partial charge on any atom is 0.222 e. The van der Waals surface area contributed by atoms with Crippen molar-refractivity contribution in [1.82, 2.24) is 14.9 Å². The first-order valence-electron chi connectivity index (χ1n) is 7.60. The van der Waals surface area contributed by atoms with Crippen LogP contribution >= 0.6 is 0 Å². The lowest BCUT2D eigenvalue weighted by atomic mass is 10.2. The van der Waals surface area contributed by atoms with E-state index in [4.69, 9.17) is 0 Å². The Balaban J connectivity index is 0.000000956. The molecule has 0 saturated carbocycles. The first-order chi connectivity index (χ1) is 9.81. The van der Waals surface area contributed by atoms with Crippen LogP contribution in [0.4, 0.5) is 5.82 Å². The summed E-state index contributed by atoms with van der Waals surface area (Å²) < 4.78 is 0. The van der Waals surface area contributed by atoms with Crippen LogP contribution in [0.1, 0.15) is 40.0 Å². The maximum absolute atomic E-state index is 11.9. The van der Waals surface area contributed by atoms with E-state index in [1.807, 2.05) is 18.7 Å². The van der Waals surface area contributed by atoms with Gasteiger partial charge in [-0.1, -0.05) is 27.2 Å². The molecule has 1 amide bonds. The van der Waals surface area contributed by atoms with Crippen molar-refractivity contribution in [3.8, 4) is 0 Å². The zero-order chi connectivity index (χ0) is 14.8. The van der Waals surface area contributed by atoms with Crippen molar-refractivity contribution in [1.29, 1.82) is 0 Å². The molecule has 1 aliphatic rings. The maximum atomic E-state index is 11.9. The minimum Gasteiger partial charge on any atom is -0.352 e. The number of piperazine rings is 1. The number of hydrogen-bond donors (Lipinski definition) is 0. The Morgan fingerprint density at radius 1 is 1.20 bits per heavy atom. The molecule has 0 radical (unpaired) electrons. The fourth-order valence-corrected chi connectivity index (χ4v) is 2.13. The molecule has 1 saturated heterocycles. The van der Waals surface area contributed by atoms with Crippen LogP contribution in [0.2, 0.25) is 0 Å². The van der Waals surface area contributed by atoms with Crippen molar-refractivity contribution >= 4 is 11.7 Å². The standard InChI is InChI=1S/C13H20N4O.C2H6/c1-2-3-4-13(18)17-9-7-16(8-10-17)12-11-14-5-6-15-12;1-2/h5-6,11H,2-4,7-10H2,1H3;1-2H3. The van der Waals surface area contributed by atoms with Gasteiger partial charge in [-0.15, -0.1) is 0 Å². The average Bonchev–Trinajstić information content (AvgIpc) is 2.55. The Labute approximate surface area is 122 Å². The van der Waals surface area contributed by atoms with Crippen molar-refractivity contribution in [3.63, 3.8) is 0 Å². The van der Waals surface area contributed by atoms with Crippen LogP contribution < -0.4 is 4.90 Å². The lowest BCUT2D eigenvalue weighted by Gasteiger charge is -2.35. The van der Waals surface area contributed by atoms with Crippen molar-refractivity contribution < 1.29 is 4.79 Å². The third kappa shape index (κ3) is 4.79. The molecule has 0 bridgehead atoms. The molecule has 1 aromatic heterocycles. The molecule has 2 rings (SSSR count). The van der Waals surface area contributed by atoms with Gasteiger partial charge in [-0.05, 0) is 6.42 Å². The van der Waals surface area contributed by atoms with Crippen LogP contribution in [-0.2, 0) is 4.79 Å². The van der Waals surface area contributed by atoms with Crippen molar-refractivity contribution in [3.05, 3.63) is 18.6 Å². The van der Waals surface area contributed by atoms with Crippen molar-refractivity contribution in [2.45, 2.75) is 40.0 Å². The lowest BCUT2D eigenvalue weighted by Crippen LogP contribution is -2.49. The van der Waals surface area contributed by atoms with Gasteiger partial charge in [0.2, 0.25) is 5.91 Å². The Kier molecular flexibility index (Phi) is 7.62. The van der Waals surface area contributed by atoms with Crippen LogP contribution in [0, 0.1) is 0 Å². The van der Waals surface area contributed by atoms with Crippen molar-refractivity contribution in [2.75, 3.05) is 31.1 Å². The second-order valence-electron chi connectivity index (χ2n) is 4.53. The van der Waals surface area contributed by atoms with Gasteiger partial charge in [-0.25, -0.2) is 4.98 Å². The third-order valence-electron chi connectivity index (χ3n) is 3.25. The van der Waals surface area contributed by atoms with E-state index in [9.17, 15) is 4.79 Å². The minimum absolute atomic E-state index is 0.288. The first kappa shape index (κ1) is 16.4. The summed E-state index contributed by atoms with van der Waals surface area (Å²) in [6.45, 7) is 9.38. The largest absolute Gasteiger partial charge is 0.352 e. The zero-order valence-corrected chi connectivity index (χ0v) is 12.9. The predicted octanol–water partition coefficient (Wildman–Crippen LogP) is 2.34. The summed E-state index contributed by atoms with van der Waals surface area (Å²) in [4.78, 5) is 24.4. The fourth-order valence-electron chi connectivity index (χ4n) is 2.13. The van der Waals surface area contributed by atoms with Gasteiger partial charge in [0.25, 0.3) is 0 Å². The molecule has 112 valence electrons. The molecule has 5 nitrogen and oxygen atoms in total. The second kappa shape index (κ2) is 9.28. The van der Waals surface area contributed by atoms with E-state index in [0.717, 1.165) is 44.8 Å². The molecular weight excluding hydrogens is 252 g/mol. The van der Waals surface area contributed by atoms with Gasteiger partial charge in [-0.3, -0.25) is 9.78 Å². The molecule has 0 spiro atoms. The Morgan fingerprint density at radius 3 is 2.45 bits per heavy atom. The number of aromatic nitrogens is 2. The van der Waals surface area contributed by atoms with Crippen molar-refractivity contribution in [2.24, 2.45) is 0 Å². The molecule has 0 unspecified atom stereocenters. The number of amides is 1. The van der Waals surface area contributed by atoms with E-state index in [-0.39, 0.29) is 5.91 Å². The minimum atomic E-state index is 0.288. The average molecular weight is 278 g/mol. The van der Waals surface area contributed by atoms with Gasteiger partial charge >= 0.3 is 0 Å². The van der Waals surface area contributed by atoms with E-state index in [0.29, 0.717) is 6.42 Å². The van der Waals surface area contributed by atoms with Crippen LogP contribution in [0.25, 0.3) is 0 Å². The molecule has 1 fully saturated rings. The summed E-state index contributed by atoms with van der Waals surface area (Å²) in [5.74, 6) is 1.19. The summed E-state index contributed by atoms with van der Waals surface area (Å²) >= 11 is 0. The van der Waals surface area contributed by atoms with Crippen LogP contribution in [-0.4, -0.2) is 47.0 Å². The molecule has 0 N–H and O–H groups in total. The van der Waals surface area contributed by atoms with Gasteiger partial charge in [0.15, 0.2) is 0 Å². The van der Waals surface area contributed by atoms with Gasteiger partial charge in [0, 0.05) is 45.0 Å². The molecule has 1 aromatic rings. The summed E-state index contributed by atoms with van der Waals surface area (Å²) in [5.41, 5.74) is 0. The van der Waals surface area contributed by atoms with Crippen LogP contribution in [0.3, 0.4) is 0 Å². The summed E-state index contributed by atoms with van der Waals surface area (Å²) in [6, 6.07) is 0. The molecule has 5 heteroatoms. The number of hydrogen-bond acceptors (Lipinski definition) is 4. The van der Waals surface area contributed by atoms with E-state index in [1.165, 1.54) is 0 Å². The van der Waals surface area contributed by atoms with E-state index in [1.54, 1.807) is 18.6 Å². The smallest absolute Gasteiger partial charge is 0.222 e. The van der Waals surface area contributed by atoms with Gasteiger partial charge in [-0.2, -0.15) is 0 Å². The highest BCUT2D eigenvalue weighted by molar-refractivity contribution is 5.76. The molecular formula is C15H26N4O. The number of unbranched alkanes of at least 4 members (excludes halogenated alkanes) is 1. The molecule has 2 heterocycles. The second-order valence-corrected chi connectivity index (χ2v) is 4.53.